The number of ether oxygens (including phenoxy) is 2. The first kappa shape index (κ1) is 24.8. The summed E-state index contributed by atoms with van der Waals surface area (Å²) in [6.45, 7) is 5.77. The molecule has 176 valence electrons. The van der Waals surface area contributed by atoms with Crippen LogP contribution in [0.25, 0.3) is 22.4 Å². The Hall–Kier alpha value is -2.84. The molecule has 33 heavy (non-hydrogen) atoms. The molecule has 1 N–H and O–H groups in total. The molecule has 3 aromatic rings. The largest absolute Gasteiger partial charge is 0.495 e. The van der Waals surface area contributed by atoms with Crippen LogP contribution in [0.5, 0.6) is 11.5 Å². The quantitative estimate of drug-likeness (QED) is 0.376. The minimum absolute atomic E-state index is 0.226. The van der Waals surface area contributed by atoms with Crippen LogP contribution in [-0.4, -0.2) is 45.6 Å². The highest BCUT2D eigenvalue weighted by molar-refractivity contribution is 6.32. The molecule has 0 aliphatic rings. The molecule has 0 unspecified atom stereocenters. The number of carbonyl (C=O) groups excluding carboxylic acids is 1. The molecular formula is C23H26Cl2N4O4. The van der Waals surface area contributed by atoms with Crippen LogP contribution in [0.4, 0.5) is 0 Å². The standard InChI is InChI=1S/C23H26Cl2N4O4/c1-23(2,3)28-19(30)13-29-21(14-6-7-17(25)18(10-14)32-4)27-20-16(22(29)31)11-15(12-26-20)33-9-5-8-24/h6-7,10-12H,5,8-9,13H2,1-4H3,(H,28,30). The number of hydrogen-bond acceptors (Lipinski definition) is 6. The molecule has 0 saturated heterocycles. The summed E-state index contributed by atoms with van der Waals surface area (Å²) in [6, 6.07) is 6.60. The van der Waals surface area contributed by atoms with Crippen LogP contribution in [0.15, 0.2) is 35.3 Å². The second kappa shape index (κ2) is 10.4. The number of methoxy groups -OCH3 is 1. The zero-order valence-electron chi connectivity index (χ0n) is 18.9. The number of nitrogens with one attached hydrogen (secondary N) is 1. The van der Waals surface area contributed by atoms with E-state index in [4.69, 9.17) is 32.7 Å². The summed E-state index contributed by atoms with van der Waals surface area (Å²) in [4.78, 5) is 35.1. The number of aromatic nitrogens is 3. The van der Waals surface area contributed by atoms with Crippen LogP contribution in [0, 0.1) is 0 Å². The van der Waals surface area contributed by atoms with Crippen molar-refractivity contribution in [3.8, 4) is 22.9 Å². The van der Waals surface area contributed by atoms with Crippen molar-refractivity contribution in [1.29, 1.82) is 0 Å². The van der Waals surface area contributed by atoms with E-state index in [1.54, 1.807) is 24.3 Å². The predicted molar refractivity (Wildman–Crippen MR) is 130 cm³/mol. The third kappa shape index (κ3) is 6.15. The second-order valence-corrected chi connectivity index (χ2v) is 9.19. The summed E-state index contributed by atoms with van der Waals surface area (Å²) in [5.74, 6) is 1.26. The lowest BCUT2D eigenvalue weighted by Crippen LogP contribution is -2.43. The summed E-state index contributed by atoms with van der Waals surface area (Å²) >= 11 is 11.9. The summed E-state index contributed by atoms with van der Waals surface area (Å²) in [6.07, 6.45) is 2.16. The summed E-state index contributed by atoms with van der Waals surface area (Å²) in [5.41, 5.74) is -0.0769. The number of pyridine rings is 1. The lowest BCUT2D eigenvalue weighted by Gasteiger charge is -2.21. The minimum atomic E-state index is -0.459. The second-order valence-electron chi connectivity index (χ2n) is 8.41. The molecule has 0 radical (unpaired) electrons. The smallest absolute Gasteiger partial charge is 0.263 e. The Kier molecular flexibility index (Phi) is 7.81. The van der Waals surface area contributed by atoms with Crippen molar-refractivity contribution in [1.82, 2.24) is 19.9 Å². The van der Waals surface area contributed by atoms with E-state index in [0.29, 0.717) is 41.0 Å². The van der Waals surface area contributed by atoms with Gasteiger partial charge in [-0.1, -0.05) is 11.6 Å². The van der Waals surface area contributed by atoms with Gasteiger partial charge in [-0.15, -0.1) is 11.6 Å². The van der Waals surface area contributed by atoms with Gasteiger partial charge in [0.15, 0.2) is 5.65 Å². The van der Waals surface area contributed by atoms with E-state index in [-0.39, 0.29) is 29.3 Å². The van der Waals surface area contributed by atoms with Crippen LogP contribution in [0.3, 0.4) is 0 Å². The molecule has 3 rings (SSSR count). The van der Waals surface area contributed by atoms with Crippen molar-refractivity contribution in [2.24, 2.45) is 0 Å². The van der Waals surface area contributed by atoms with Gasteiger partial charge >= 0.3 is 0 Å². The van der Waals surface area contributed by atoms with Gasteiger partial charge in [0.05, 0.1) is 30.3 Å². The number of benzene rings is 1. The predicted octanol–water partition coefficient (Wildman–Crippen LogP) is 4.04. The van der Waals surface area contributed by atoms with Crippen LogP contribution < -0.4 is 20.3 Å². The van der Waals surface area contributed by atoms with Crippen molar-refractivity contribution >= 4 is 40.1 Å². The minimum Gasteiger partial charge on any atom is -0.495 e. The molecule has 0 bridgehead atoms. The summed E-state index contributed by atoms with van der Waals surface area (Å²) < 4.78 is 12.2. The van der Waals surface area contributed by atoms with Crippen LogP contribution in [0.2, 0.25) is 5.02 Å². The van der Waals surface area contributed by atoms with Gasteiger partial charge in [-0.2, -0.15) is 0 Å². The summed E-state index contributed by atoms with van der Waals surface area (Å²) in [7, 11) is 1.50. The summed E-state index contributed by atoms with van der Waals surface area (Å²) in [5, 5.41) is 3.53. The average Bonchev–Trinajstić information content (AvgIpc) is 2.75. The van der Waals surface area contributed by atoms with Gasteiger partial charge in [0.25, 0.3) is 5.56 Å². The van der Waals surface area contributed by atoms with Crippen LogP contribution >= 0.6 is 23.2 Å². The zero-order valence-corrected chi connectivity index (χ0v) is 20.5. The van der Waals surface area contributed by atoms with E-state index in [1.165, 1.54) is 17.9 Å². The van der Waals surface area contributed by atoms with E-state index >= 15 is 0 Å². The Morgan fingerprint density at radius 3 is 2.67 bits per heavy atom. The first-order chi connectivity index (χ1) is 15.6. The highest BCUT2D eigenvalue weighted by atomic mass is 35.5. The molecule has 1 amide bonds. The number of rotatable bonds is 8. The van der Waals surface area contributed by atoms with E-state index in [0.717, 1.165) is 0 Å². The first-order valence-corrected chi connectivity index (χ1v) is 11.3. The van der Waals surface area contributed by atoms with Crippen molar-refractivity contribution in [2.75, 3.05) is 19.6 Å². The molecule has 0 atom stereocenters. The number of halogens is 2. The Morgan fingerprint density at radius 1 is 1.24 bits per heavy atom. The van der Waals surface area contributed by atoms with Gasteiger partial charge in [0, 0.05) is 17.0 Å². The Bertz CT molecular complexity index is 1220. The molecule has 0 aliphatic heterocycles. The Balaban J connectivity index is 2.15. The lowest BCUT2D eigenvalue weighted by atomic mass is 10.1. The highest BCUT2D eigenvalue weighted by Gasteiger charge is 2.20. The normalized spacial score (nSPS) is 11.5. The molecule has 0 aliphatic carbocycles. The maximum Gasteiger partial charge on any atom is 0.263 e. The maximum atomic E-state index is 13.5. The monoisotopic (exact) mass is 492 g/mol. The fraction of sp³-hybridized carbons (Fsp3) is 0.391. The van der Waals surface area contributed by atoms with E-state index in [9.17, 15) is 9.59 Å². The fourth-order valence-corrected chi connectivity index (χ4v) is 3.48. The molecule has 0 spiro atoms. The third-order valence-electron chi connectivity index (χ3n) is 4.56. The molecule has 2 aromatic heterocycles. The molecule has 0 saturated carbocycles. The number of alkyl halides is 1. The lowest BCUT2D eigenvalue weighted by molar-refractivity contribution is -0.123. The van der Waals surface area contributed by atoms with E-state index in [1.807, 2.05) is 20.8 Å². The van der Waals surface area contributed by atoms with Crippen molar-refractivity contribution in [3.63, 3.8) is 0 Å². The number of fused-ring (bicyclic) bond motifs is 1. The number of nitrogens with zero attached hydrogens (tertiary/aromatic N) is 3. The number of hydrogen-bond donors (Lipinski definition) is 1. The van der Waals surface area contributed by atoms with Crippen molar-refractivity contribution < 1.29 is 14.3 Å². The highest BCUT2D eigenvalue weighted by Crippen LogP contribution is 2.30. The molecule has 1 aromatic carbocycles. The van der Waals surface area contributed by atoms with E-state index in [2.05, 4.69) is 15.3 Å². The van der Waals surface area contributed by atoms with Gasteiger partial charge in [-0.25, -0.2) is 9.97 Å². The van der Waals surface area contributed by atoms with Gasteiger partial charge in [0.1, 0.15) is 23.9 Å². The van der Waals surface area contributed by atoms with Crippen molar-refractivity contribution in [2.45, 2.75) is 39.3 Å². The van der Waals surface area contributed by atoms with Crippen LogP contribution in [0.1, 0.15) is 27.2 Å². The molecule has 10 heteroatoms. The number of carbonyl (C=O) groups is 1. The van der Waals surface area contributed by atoms with E-state index < -0.39 is 11.1 Å². The van der Waals surface area contributed by atoms with Gasteiger partial charge in [-0.3, -0.25) is 14.2 Å². The van der Waals surface area contributed by atoms with Crippen molar-refractivity contribution in [3.05, 3.63) is 45.8 Å². The zero-order chi connectivity index (χ0) is 24.2. The molecule has 0 fully saturated rings. The van der Waals surface area contributed by atoms with Gasteiger partial charge < -0.3 is 14.8 Å². The van der Waals surface area contributed by atoms with Gasteiger partial charge in [0.2, 0.25) is 5.91 Å². The molecule has 2 heterocycles. The Labute approximate surface area is 201 Å². The third-order valence-corrected chi connectivity index (χ3v) is 5.14. The Morgan fingerprint density at radius 2 is 2.00 bits per heavy atom. The molecule has 8 nitrogen and oxygen atoms in total. The maximum absolute atomic E-state index is 13.5. The first-order valence-electron chi connectivity index (χ1n) is 10.4. The average molecular weight is 493 g/mol. The molecular weight excluding hydrogens is 467 g/mol. The SMILES string of the molecule is COc1cc(-c2nc3ncc(OCCCCl)cc3c(=O)n2CC(=O)NC(C)(C)C)ccc1Cl. The van der Waals surface area contributed by atoms with Crippen LogP contribution in [-0.2, 0) is 11.3 Å². The number of amides is 1. The van der Waals surface area contributed by atoms with Gasteiger partial charge in [-0.05, 0) is 51.5 Å². The fourth-order valence-electron chi connectivity index (χ4n) is 3.18. The topological polar surface area (TPSA) is 95.3 Å².